The lowest BCUT2D eigenvalue weighted by Gasteiger charge is -2.02. The molecular formula is C15H10Cl3NO2. The summed E-state index contributed by atoms with van der Waals surface area (Å²) in [5.74, 6) is -0.383. The summed E-state index contributed by atoms with van der Waals surface area (Å²) in [6.45, 7) is 0. The largest absolute Gasteiger partial charge is 0.465 e. The molecule has 0 saturated heterocycles. The van der Waals surface area contributed by atoms with E-state index in [1.54, 1.807) is 42.6 Å². The number of aliphatic imine (C=N–C) groups is 1. The van der Waals surface area contributed by atoms with Gasteiger partial charge in [0.2, 0.25) is 0 Å². The molecule has 3 nitrogen and oxygen atoms in total. The summed E-state index contributed by atoms with van der Waals surface area (Å²) in [4.78, 5) is 15.6. The van der Waals surface area contributed by atoms with E-state index in [-0.39, 0.29) is 11.0 Å². The van der Waals surface area contributed by atoms with Crippen molar-refractivity contribution < 1.29 is 9.53 Å². The standard InChI is InChI=1S/C15H10Cl3NO2/c1-21-15(20)10-4-2-9(3-5-10)8-19-12-7-6-11(16)13(17)14(12)18/h2-8H,1H3. The van der Waals surface area contributed by atoms with E-state index < -0.39 is 0 Å². The highest BCUT2D eigenvalue weighted by Gasteiger charge is 2.07. The molecule has 21 heavy (non-hydrogen) atoms. The highest BCUT2D eigenvalue weighted by atomic mass is 35.5. The van der Waals surface area contributed by atoms with Crippen LogP contribution in [0, 0.1) is 0 Å². The number of carbonyl (C=O) groups is 1. The predicted molar refractivity (Wildman–Crippen MR) is 86.5 cm³/mol. The summed E-state index contributed by atoms with van der Waals surface area (Å²) in [5.41, 5.74) is 1.80. The number of hydrogen-bond donors (Lipinski definition) is 0. The molecule has 0 spiro atoms. The molecule has 2 aromatic carbocycles. The number of benzene rings is 2. The number of hydrogen-bond acceptors (Lipinski definition) is 3. The summed E-state index contributed by atoms with van der Waals surface area (Å²) >= 11 is 17.9. The molecule has 0 fully saturated rings. The lowest BCUT2D eigenvalue weighted by molar-refractivity contribution is 0.0601. The van der Waals surface area contributed by atoms with Crippen molar-refractivity contribution in [1.82, 2.24) is 0 Å². The van der Waals surface area contributed by atoms with Crippen LogP contribution in [0.3, 0.4) is 0 Å². The van der Waals surface area contributed by atoms with E-state index >= 15 is 0 Å². The van der Waals surface area contributed by atoms with Crippen LogP contribution in [0.4, 0.5) is 5.69 Å². The lowest BCUT2D eigenvalue weighted by Crippen LogP contribution is -2.00. The van der Waals surface area contributed by atoms with Gasteiger partial charge in [-0.15, -0.1) is 0 Å². The van der Waals surface area contributed by atoms with Gasteiger partial charge in [0.05, 0.1) is 33.4 Å². The minimum atomic E-state index is -0.383. The zero-order chi connectivity index (χ0) is 15.4. The molecule has 0 saturated carbocycles. The van der Waals surface area contributed by atoms with Crippen LogP contribution in [0.5, 0.6) is 0 Å². The Morgan fingerprint density at radius 3 is 2.33 bits per heavy atom. The number of halogens is 3. The first-order chi connectivity index (χ1) is 10.0. The lowest BCUT2D eigenvalue weighted by atomic mass is 10.1. The van der Waals surface area contributed by atoms with E-state index in [9.17, 15) is 4.79 Å². The van der Waals surface area contributed by atoms with Gasteiger partial charge in [-0.2, -0.15) is 0 Å². The number of ether oxygens (including phenoxy) is 1. The summed E-state index contributed by atoms with van der Waals surface area (Å²) < 4.78 is 4.63. The third kappa shape index (κ3) is 3.76. The van der Waals surface area contributed by atoms with Gasteiger partial charge in [0.25, 0.3) is 0 Å². The third-order valence-corrected chi connectivity index (χ3v) is 3.98. The van der Waals surface area contributed by atoms with Crippen molar-refractivity contribution in [3.05, 3.63) is 62.6 Å². The van der Waals surface area contributed by atoms with Gasteiger partial charge < -0.3 is 4.74 Å². The zero-order valence-electron chi connectivity index (χ0n) is 10.9. The van der Waals surface area contributed by atoms with Gasteiger partial charge in [0, 0.05) is 6.21 Å². The summed E-state index contributed by atoms with van der Waals surface area (Å²) in [5, 5.41) is 0.948. The SMILES string of the molecule is COC(=O)c1ccc(C=Nc2ccc(Cl)c(Cl)c2Cl)cc1. The van der Waals surface area contributed by atoms with E-state index in [4.69, 9.17) is 34.8 Å². The van der Waals surface area contributed by atoms with Crippen molar-refractivity contribution in [1.29, 1.82) is 0 Å². The topological polar surface area (TPSA) is 38.7 Å². The van der Waals surface area contributed by atoms with E-state index in [0.29, 0.717) is 21.3 Å². The molecule has 6 heteroatoms. The van der Waals surface area contributed by atoms with Crippen LogP contribution in [0.2, 0.25) is 15.1 Å². The third-order valence-electron chi connectivity index (χ3n) is 2.70. The van der Waals surface area contributed by atoms with Gasteiger partial charge in [-0.1, -0.05) is 46.9 Å². The summed E-state index contributed by atoms with van der Waals surface area (Å²) in [7, 11) is 1.34. The molecule has 0 unspecified atom stereocenters. The van der Waals surface area contributed by atoms with Crippen LogP contribution >= 0.6 is 34.8 Å². The molecule has 0 heterocycles. The van der Waals surface area contributed by atoms with Gasteiger partial charge in [-0.05, 0) is 29.8 Å². The number of nitrogens with zero attached hydrogens (tertiary/aromatic N) is 1. The molecule has 0 aliphatic carbocycles. The average molecular weight is 343 g/mol. The fourth-order valence-corrected chi connectivity index (χ4v) is 2.16. The van der Waals surface area contributed by atoms with Crippen molar-refractivity contribution in [2.45, 2.75) is 0 Å². The van der Waals surface area contributed by atoms with Crippen LogP contribution < -0.4 is 0 Å². The van der Waals surface area contributed by atoms with Crippen molar-refractivity contribution in [3.63, 3.8) is 0 Å². The number of carbonyl (C=O) groups excluding carboxylic acids is 1. The Balaban J connectivity index is 2.22. The fraction of sp³-hybridized carbons (Fsp3) is 0.0667. The summed E-state index contributed by atoms with van der Waals surface area (Å²) in [6, 6.07) is 10.1. The second-order valence-corrected chi connectivity index (χ2v) is 5.23. The predicted octanol–water partition coefficient (Wildman–Crippen LogP) is 5.18. The second-order valence-electron chi connectivity index (χ2n) is 4.07. The molecule has 2 aromatic rings. The van der Waals surface area contributed by atoms with E-state index in [0.717, 1.165) is 5.56 Å². The van der Waals surface area contributed by atoms with Crippen LogP contribution in [0.15, 0.2) is 41.4 Å². The minimum absolute atomic E-state index is 0.272. The highest BCUT2D eigenvalue weighted by molar-refractivity contribution is 6.49. The minimum Gasteiger partial charge on any atom is -0.465 e. The highest BCUT2D eigenvalue weighted by Crippen LogP contribution is 2.37. The van der Waals surface area contributed by atoms with E-state index in [1.807, 2.05) is 0 Å². The van der Waals surface area contributed by atoms with E-state index in [1.165, 1.54) is 7.11 Å². The van der Waals surface area contributed by atoms with Crippen LogP contribution in [0.1, 0.15) is 15.9 Å². The molecular weight excluding hydrogens is 333 g/mol. The molecule has 0 aliphatic heterocycles. The first kappa shape index (κ1) is 15.8. The number of esters is 1. The van der Waals surface area contributed by atoms with E-state index in [2.05, 4.69) is 9.73 Å². The van der Waals surface area contributed by atoms with Gasteiger partial charge in [-0.3, -0.25) is 4.99 Å². The smallest absolute Gasteiger partial charge is 0.337 e. The Morgan fingerprint density at radius 1 is 1.05 bits per heavy atom. The van der Waals surface area contributed by atoms with Gasteiger partial charge in [0.1, 0.15) is 0 Å². The number of methoxy groups -OCH3 is 1. The second kappa shape index (κ2) is 6.94. The van der Waals surface area contributed by atoms with Crippen LogP contribution in [0.25, 0.3) is 0 Å². The molecule has 0 aliphatic rings. The molecule has 0 N–H and O–H groups in total. The fourth-order valence-electron chi connectivity index (χ4n) is 1.58. The Morgan fingerprint density at radius 2 is 1.71 bits per heavy atom. The first-order valence-corrected chi connectivity index (χ1v) is 7.02. The molecule has 0 aromatic heterocycles. The first-order valence-electron chi connectivity index (χ1n) is 5.89. The summed E-state index contributed by atoms with van der Waals surface area (Å²) in [6.07, 6.45) is 1.62. The normalized spacial score (nSPS) is 10.9. The quantitative estimate of drug-likeness (QED) is 0.438. The Hall–Kier alpha value is -1.55. The van der Waals surface area contributed by atoms with Crippen molar-refractivity contribution in [2.75, 3.05) is 7.11 Å². The molecule has 0 bridgehead atoms. The molecule has 108 valence electrons. The Kier molecular flexibility index (Phi) is 5.23. The maximum Gasteiger partial charge on any atom is 0.337 e. The van der Waals surface area contributed by atoms with Crippen molar-refractivity contribution in [2.24, 2.45) is 4.99 Å². The van der Waals surface area contributed by atoms with Crippen molar-refractivity contribution >= 4 is 52.7 Å². The maximum atomic E-state index is 11.3. The zero-order valence-corrected chi connectivity index (χ0v) is 13.2. The van der Waals surface area contributed by atoms with Gasteiger partial charge in [-0.25, -0.2) is 4.79 Å². The van der Waals surface area contributed by atoms with Gasteiger partial charge in [0.15, 0.2) is 0 Å². The molecule has 0 amide bonds. The molecule has 0 atom stereocenters. The van der Waals surface area contributed by atoms with Gasteiger partial charge >= 0.3 is 5.97 Å². The van der Waals surface area contributed by atoms with Crippen LogP contribution in [-0.4, -0.2) is 19.3 Å². The van der Waals surface area contributed by atoms with Crippen molar-refractivity contribution in [3.8, 4) is 0 Å². The monoisotopic (exact) mass is 341 g/mol. The Labute approximate surface area is 137 Å². The number of rotatable bonds is 3. The maximum absolute atomic E-state index is 11.3. The molecule has 0 radical (unpaired) electrons. The molecule has 2 rings (SSSR count). The average Bonchev–Trinajstić information content (AvgIpc) is 2.52. The Bertz CT molecular complexity index is 697. The van der Waals surface area contributed by atoms with Crippen LogP contribution in [-0.2, 0) is 4.74 Å².